The van der Waals surface area contributed by atoms with Gasteiger partial charge in [0.05, 0.1) is 19.1 Å². The number of aryl methyl sites for hydroxylation is 1. The Balaban J connectivity index is 1.96. The van der Waals surface area contributed by atoms with Crippen LogP contribution < -0.4 is 0 Å². The van der Waals surface area contributed by atoms with Gasteiger partial charge in [0.1, 0.15) is 0 Å². The van der Waals surface area contributed by atoms with Gasteiger partial charge in [-0.05, 0) is 38.9 Å². The summed E-state index contributed by atoms with van der Waals surface area (Å²) in [4.78, 5) is 16.3. The van der Waals surface area contributed by atoms with Crippen molar-refractivity contribution in [2.75, 3.05) is 14.2 Å². The minimum atomic E-state index is -0.449. The molecule has 1 aliphatic carbocycles. The van der Waals surface area contributed by atoms with Crippen LogP contribution in [0, 0.1) is 12.8 Å². The summed E-state index contributed by atoms with van der Waals surface area (Å²) >= 11 is 1.77. The van der Waals surface area contributed by atoms with Crippen molar-refractivity contribution >= 4 is 17.3 Å². The summed E-state index contributed by atoms with van der Waals surface area (Å²) in [5, 5.41) is 10.1. The smallest absolute Gasteiger partial charge is 0.308 e. The topological polar surface area (TPSA) is 49.8 Å². The van der Waals surface area contributed by atoms with Crippen LogP contribution in [-0.2, 0) is 16.1 Å². The summed E-state index contributed by atoms with van der Waals surface area (Å²) in [6.45, 7) is 2.90. The predicted molar refractivity (Wildman–Crippen MR) is 75.1 cm³/mol. The molecule has 1 saturated carbocycles. The predicted octanol–water partition coefficient (Wildman–Crippen LogP) is 1.80. The molecular weight excluding hydrogens is 262 g/mol. The molecule has 5 heteroatoms. The van der Waals surface area contributed by atoms with Gasteiger partial charge in [-0.3, -0.25) is 9.69 Å². The number of methoxy groups -OCH3 is 1. The van der Waals surface area contributed by atoms with Crippen molar-refractivity contribution in [1.29, 1.82) is 0 Å². The van der Waals surface area contributed by atoms with Gasteiger partial charge in [-0.25, -0.2) is 0 Å². The van der Waals surface area contributed by atoms with E-state index in [9.17, 15) is 9.90 Å². The van der Waals surface area contributed by atoms with Gasteiger partial charge in [-0.15, -0.1) is 11.3 Å². The third-order valence-corrected chi connectivity index (χ3v) is 4.78. The van der Waals surface area contributed by atoms with E-state index in [1.165, 1.54) is 16.9 Å². The molecule has 1 aliphatic rings. The Hall–Kier alpha value is -0.910. The zero-order valence-electron chi connectivity index (χ0n) is 11.6. The Labute approximate surface area is 118 Å². The zero-order chi connectivity index (χ0) is 14.0. The Bertz CT molecular complexity index is 446. The fourth-order valence-electron chi connectivity index (χ4n) is 2.76. The molecule has 0 spiro atoms. The van der Waals surface area contributed by atoms with E-state index in [0.717, 1.165) is 6.54 Å². The van der Waals surface area contributed by atoms with E-state index in [4.69, 9.17) is 4.74 Å². The van der Waals surface area contributed by atoms with Crippen molar-refractivity contribution in [3.05, 3.63) is 21.9 Å². The van der Waals surface area contributed by atoms with Crippen LogP contribution >= 0.6 is 11.3 Å². The molecular formula is C14H21NO3S. The molecule has 0 amide bonds. The highest BCUT2D eigenvalue weighted by Gasteiger charge is 2.39. The number of aliphatic hydroxyl groups excluding tert-OH is 1. The van der Waals surface area contributed by atoms with Crippen LogP contribution in [0.4, 0.5) is 0 Å². The van der Waals surface area contributed by atoms with E-state index in [2.05, 4.69) is 24.0 Å². The molecule has 3 atom stereocenters. The normalized spacial score (nSPS) is 26.9. The molecule has 1 aromatic rings. The lowest BCUT2D eigenvalue weighted by Crippen LogP contribution is -2.36. The minimum absolute atomic E-state index is 0.0338. The van der Waals surface area contributed by atoms with Gasteiger partial charge in [0.15, 0.2) is 0 Å². The van der Waals surface area contributed by atoms with Crippen molar-refractivity contribution in [2.45, 2.75) is 38.5 Å². The lowest BCUT2D eigenvalue weighted by molar-refractivity contribution is -0.145. The van der Waals surface area contributed by atoms with E-state index in [1.54, 1.807) is 11.3 Å². The van der Waals surface area contributed by atoms with Crippen molar-refractivity contribution in [1.82, 2.24) is 4.90 Å². The van der Waals surface area contributed by atoms with Crippen LogP contribution in [0.3, 0.4) is 0 Å². The van der Waals surface area contributed by atoms with Gasteiger partial charge in [0.2, 0.25) is 0 Å². The van der Waals surface area contributed by atoms with E-state index in [0.29, 0.717) is 12.8 Å². The third-order valence-electron chi connectivity index (χ3n) is 3.80. The molecule has 1 heterocycles. The Kier molecular flexibility index (Phi) is 4.60. The molecule has 0 radical (unpaired) electrons. The second kappa shape index (κ2) is 6.03. The van der Waals surface area contributed by atoms with Crippen LogP contribution in [-0.4, -0.2) is 42.3 Å². The fourth-order valence-corrected chi connectivity index (χ4v) is 3.71. The number of esters is 1. The minimum Gasteiger partial charge on any atom is -0.469 e. The first-order valence-corrected chi connectivity index (χ1v) is 7.34. The van der Waals surface area contributed by atoms with E-state index in [1.807, 2.05) is 7.05 Å². The van der Waals surface area contributed by atoms with E-state index in [-0.39, 0.29) is 17.9 Å². The molecule has 0 bridgehead atoms. The highest BCUT2D eigenvalue weighted by molar-refractivity contribution is 7.11. The summed E-state index contributed by atoms with van der Waals surface area (Å²) < 4.78 is 4.77. The average Bonchev–Trinajstić information content (AvgIpc) is 2.94. The number of aliphatic hydroxyl groups is 1. The number of nitrogens with zero attached hydrogens (tertiary/aromatic N) is 1. The SMILES string of the molecule is COC(=O)[C@H]1C[C@@H](N(C)Cc2ccc(C)s2)[C@@H](O)C1. The second-order valence-corrected chi connectivity index (χ2v) is 6.63. The van der Waals surface area contributed by atoms with Crippen molar-refractivity contribution in [3.8, 4) is 0 Å². The second-order valence-electron chi connectivity index (χ2n) is 5.25. The quantitative estimate of drug-likeness (QED) is 0.856. The lowest BCUT2D eigenvalue weighted by Gasteiger charge is -2.26. The summed E-state index contributed by atoms with van der Waals surface area (Å²) in [5.74, 6) is -0.376. The number of hydrogen-bond donors (Lipinski definition) is 1. The molecule has 2 rings (SSSR count). The Morgan fingerprint density at radius 1 is 1.53 bits per heavy atom. The number of ether oxygens (including phenoxy) is 1. The molecule has 0 aromatic carbocycles. The summed E-state index contributed by atoms with van der Waals surface area (Å²) in [6, 6.07) is 4.26. The number of carbonyl (C=O) groups excluding carboxylic acids is 1. The molecule has 1 aromatic heterocycles. The van der Waals surface area contributed by atoms with Crippen LogP contribution in [0.1, 0.15) is 22.6 Å². The Morgan fingerprint density at radius 2 is 2.26 bits per heavy atom. The average molecular weight is 283 g/mol. The highest BCUT2D eigenvalue weighted by atomic mass is 32.1. The standard InChI is InChI=1S/C14H21NO3S/c1-9-4-5-11(19-9)8-15(2)12-6-10(7-13(12)16)14(17)18-3/h4-5,10,12-13,16H,6-8H2,1-3H3/t10-,12+,13-/m0/s1. The molecule has 106 valence electrons. The molecule has 0 saturated heterocycles. The molecule has 0 unspecified atom stereocenters. The maximum Gasteiger partial charge on any atom is 0.308 e. The molecule has 0 aliphatic heterocycles. The summed E-state index contributed by atoms with van der Waals surface area (Å²) in [5.41, 5.74) is 0. The third kappa shape index (κ3) is 3.35. The first kappa shape index (κ1) is 14.5. The van der Waals surface area contributed by atoms with Gasteiger partial charge < -0.3 is 9.84 Å². The fraction of sp³-hybridized carbons (Fsp3) is 0.643. The van der Waals surface area contributed by atoms with Crippen LogP contribution in [0.15, 0.2) is 12.1 Å². The van der Waals surface area contributed by atoms with Gasteiger partial charge in [0.25, 0.3) is 0 Å². The van der Waals surface area contributed by atoms with Gasteiger partial charge in [0, 0.05) is 22.3 Å². The molecule has 1 fully saturated rings. The zero-order valence-corrected chi connectivity index (χ0v) is 12.4. The van der Waals surface area contributed by atoms with Gasteiger partial charge >= 0.3 is 5.97 Å². The first-order valence-electron chi connectivity index (χ1n) is 6.52. The molecule has 1 N–H and O–H groups in total. The first-order chi connectivity index (χ1) is 9.01. The van der Waals surface area contributed by atoms with E-state index >= 15 is 0 Å². The van der Waals surface area contributed by atoms with Crippen LogP contribution in [0.2, 0.25) is 0 Å². The Morgan fingerprint density at radius 3 is 2.84 bits per heavy atom. The van der Waals surface area contributed by atoms with Gasteiger partial charge in [-0.1, -0.05) is 0 Å². The lowest BCUT2D eigenvalue weighted by atomic mass is 10.1. The van der Waals surface area contributed by atoms with Crippen molar-refractivity contribution in [2.24, 2.45) is 5.92 Å². The maximum absolute atomic E-state index is 11.5. The number of rotatable bonds is 4. The van der Waals surface area contributed by atoms with E-state index < -0.39 is 6.10 Å². The van der Waals surface area contributed by atoms with Crippen molar-refractivity contribution < 1.29 is 14.6 Å². The van der Waals surface area contributed by atoms with Gasteiger partial charge in [-0.2, -0.15) is 0 Å². The summed E-state index contributed by atoms with van der Waals surface area (Å²) in [7, 11) is 3.41. The van der Waals surface area contributed by atoms with Crippen molar-refractivity contribution in [3.63, 3.8) is 0 Å². The number of likely N-dealkylation sites (N-methyl/N-ethyl adjacent to an activating group) is 1. The molecule has 4 nitrogen and oxygen atoms in total. The largest absolute Gasteiger partial charge is 0.469 e. The van der Waals surface area contributed by atoms with Crippen LogP contribution in [0.5, 0.6) is 0 Å². The van der Waals surface area contributed by atoms with Crippen LogP contribution in [0.25, 0.3) is 0 Å². The number of thiophene rings is 1. The number of carbonyl (C=O) groups is 1. The maximum atomic E-state index is 11.5. The monoisotopic (exact) mass is 283 g/mol. The molecule has 19 heavy (non-hydrogen) atoms. The number of hydrogen-bond acceptors (Lipinski definition) is 5. The highest BCUT2D eigenvalue weighted by Crippen LogP contribution is 2.31. The summed E-state index contributed by atoms with van der Waals surface area (Å²) in [6.07, 6.45) is 0.731.